The van der Waals surface area contributed by atoms with Crippen molar-refractivity contribution in [2.24, 2.45) is 5.41 Å². The van der Waals surface area contributed by atoms with Crippen LogP contribution in [-0.4, -0.2) is 10.2 Å². The maximum atomic E-state index is 12.4. The van der Waals surface area contributed by atoms with Gasteiger partial charge in [-0.3, -0.25) is 4.79 Å². The van der Waals surface area contributed by atoms with Gasteiger partial charge in [0.15, 0.2) is 0 Å². The average Bonchev–Trinajstić information content (AvgIpc) is 2.82. The molecule has 1 saturated carbocycles. The van der Waals surface area contributed by atoms with Gasteiger partial charge in [0.25, 0.3) is 0 Å². The lowest BCUT2D eigenvalue weighted by atomic mass is 10.1. The fourth-order valence-electron chi connectivity index (χ4n) is 2.15. The molecule has 2 aromatic rings. The Hall–Kier alpha value is -1.03. The number of anilines is 1. The second-order valence-corrected chi connectivity index (χ2v) is 7.62. The van der Waals surface area contributed by atoms with Crippen molar-refractivity contribution in [2.45, 2.75) is 17.7 Å². The molecular formula is C15H13Cl2NOS. The van der Waals surface area contributed by atoms with Gasteiger partial charge in [0.1, 0.15) is 4.33 Å². The summed E-state index contributed by atoms with van der Waals surface area (Å²) in [6.45, 7) is 1.79. The van der Waals surface area contributed by atoms with Crippen molar-refractivity contribution in [3.05, 3.63) is 41.8 Å². The van der Waals surface area contributed by atoms with E-state index >= 15 is 0 Å². The summed E-state index contributed by atoms with van der Waals surface area (Å²) in [5.74, 6) is -0.133. The first-order valence-corrected chi connectivity index (χ1v) is 7.90. The smallest absolute Gasteiger partial charge is 0.233 e. The number of carbonyl (C=O) groups excluding carboxylic acids is 1. The van der Waals surface area contributed by atoms with Gasteiger partial charge in [-0.1, -0.05) is 24.3 Å². The number of alkyl halides is 2. The second kappa shape index (κ2) is 4.76. The van der Waals surface area contributed by atoms with Crippen LogP contribution in [0.1, 0.15) is 13.3 Å². The molecule has 1 atom stereocenters. The maximum absolute atomic E-state index is 12.4. The zero-order chi connectivity index (χ0) is 14.4. The molecule has 0 bridgehead atoms. The summed E-state index contributed by atoms with van der Waals surface area (Å²) < 4.78 is -0.949. The number of halogens is 2. The highest BCUT2D eigenvalue weighted by molar-refractivity contribution is 7.13. The first-order chi connectivity index (χ1) is 9.44. The minimum absolute atomic E-state index is 0.133. The van der Waals surface area contributed by atoms with Crippen molar-refractivity contribution >= 4 is 46.1 Å². The summed E-state index contributed by atoms with van der Waals surface area (Å²) >= 11 is 13.7. The van der Waals surface area contributed by atoms with Crippen LogP contribution >= 0.6 is 34.5 Å². The van der Waals surface area contributed by atoms with Crippen LogP contribution in [0.4, 0.5) is 5.69 Å². The molecule has 104 valence electrons. The van der Waals surface area contributed by atoms with Crippen LogP contribution < -0.4 is 5.32 Å². The Balaban J connectivity index is 1.88. The van der Waals surface area contributed by atoms with E-state index in [1.165, 1.54) is 0 Å². The van der Waals surface area contributed by atoms with Crippen LogP contribution in [0, 0.1) is 5.41 Å². The van der Waals surface area contributed by atoms with E-state index in [1.54, 1.807) is 18.3 Å². The Morgan fingerprint density at radius 1 is 1.25 bits per heavy atom. The predicted molar refractivity (Wildman–Crippen MR) is 85.5 cm³/mol. The number of nitrogens with one attached hydrogen (secondary N) is 1. The maximum Gasteiger partial charge on any atom is 0.233 e. The molecule has 1 amide bonds. The number of rotatable bonds is 3. The van der Waals surface area contributed by atoms with E-state index in [0.29, 0.717) is 6.42 Å². The number of benzene rings is 1. The van der Waals surface area contributed by atoms with Crippen LogP contribution in [0.15, 0.2) is 41.8 Å². The summed E-state index contributed by atoms with van der Waals surface area (Å²) in [6, 6.07) is 11.8. The van der Waals surface area contributed by atoms with Gasteiger partial charge in [-0.25, -0.2) is 0 Å². The number of amides is 1. The van der Waals surface area contributed by atoms with E-state index < -0.39 is 9.75 Å². The molecule has 1 aliphatic carbocycles. The van der Waals surface area contributed by atoms with E-state index in [-0.39, 0.29) is 5.91 Å². The van der Waals surface area contributed by atoms with Crippen LogP contribution in [0.5, 0.6) is 0 Å². The molecule has 2 nitrogen and oxygen atoms in total. The highest BCUT2D eigenvalue weighted by Crippen LogP contribution is 2.64. The highest BCUT2D eigenvalue weighted by Gasteiger charge is 2.67. The van der Waals surface area contributed by atoms with Crippen LogP contribution in [-0.2, 0) is 4.79 Å². The van der Waals surface area contributed by atoms with Crippen molar-refractivity contribution in [3.63, 3.8) is 0 Å². The standard InChI is InChI=1S/C15H13Cl2NOS/c1-14(9-15(14,16)17)13(19)18-11-6-3-2-5-10(11)12-7-4-8-20-12/h2-8H,9H2,1H3,(H,18,19)/t14-/m0/s1. The van der Waals surface area contributed by atoms with Crippen LogP contribution in [0.2, 0.25) is 0 Å². The minimum Gasteiger partial charge on any atom is -0.325 e. The normalized spacial score (nSPS) is 23.4. The van der Waals surface area contributed by atoms with Gasteiger partial charge in [-0.2, -0.15) is 0 Å². The van der Waals surface area contributed by atoms with E-state index in [2.05, 4.69) is 5.32 Å². The number of hydrogen-bond acceptors (Lipinski definition) is 2. The molecule has 0 radical (unpaired) electrons. The number of carbonyl (C=O) groups is 1. The first kappa shape index (κ1) is 13.9. The van der Waals surface area contributed by atoms with Crippen LogP contribution in [0.3, 0.4) is 0 Å². The molecule has 3 rings (SSSR count). The Bertz CT molecular complexity index is 654. The first-order valence-electron chi connectivity index (χ1n) is 6.26. The Morgan fingerprint density at radius 2 is 1.95 bits per heavy atom. The van der Waals surface area contributed by atoms with E-state index in [9.17, 15) is 4.79 Å². The molecule has 0 saturated heterocycles. The topological polar surface area (TPSA) is 29.1 Å². The third-order valence-electron chi connectivity index (χ3n) is 3.72. The van der Waals surface area contributed by atoms with Gasteiger partial charge < -0.3 is 5.32 Å². The Morgan fingerprint density at radius 3 is 2.55 bits per heavy atom. The third kappa shape index (κ3) is 2.24. The fraction of sp³-hybridized carbons (Fsp3) is 0.267. The Kier molecular flexibility index (Phi) is 3.32. The van der Waals surface area contributed by atoms with Gasteiger partial charge in [0.2, 0.25) is 5.91 Å². The zero-order valence-electron chi connectivity index (χ0n) is 10.8. The monoisotopic (exact) mass is 325 g/mol. The molecular weight excluding hydrogens is 313 g/mol. The summed E-state index contributed by atoms with van der Waals surface area (Å²) in [6.07, 6.45) is 0.482. The molecule has 1 fully saturated rings. The quantitative estimate of drug-likeness (QED) is 0.796. The van der Waals surface area contributed by atoms with E-state index in [1.807, 2.05) is 41.8 Å². The van der Waals surface area contributed by atoms with Gasteiger partial charge in [-0.15, -0.1) is 34.5 Å². The van der Waals surface area contributed by atoms with E-state index in [4.69, 9.17) is 23.2 Å². The number of hydrogen-bond donors (Lipinski definition) is 1. The van der Waals surface area contributed by atoms with E-state index in [0.717, 1.165) is 16.1 Å². The van der Waals surface area contributed by atoms with Crippen LogP contribution in [0.25, 0.3) is 10.4 Å². The van der Waals surface area contributed by atoms with Crippen molar-refractivity contribution in [1.82, 2.24) is 0 Å². The van der Waals surface area contributed by atoms with Crippen molar-refractivity contribution in [3.8, 4) is 10.4 Å². The molecule has 1 N–H and O–H groups in total. The van der Waals surface area contributed by atoms with Gasteiger partial charge in [0.05, 0.1) is 5.41 Å². The molecule has 1 aliphatic rings. The van der Waals surface area contributed by atoms with Crippen molar-refractivity contribution < 1.29 is 4.79 Å². The van der Waals surface area contributed by atoms with Crippen molar-refractivity contribution in [1.29, 1.82) is 0 Å². The molecule has 1 aromatic heterocycles. The average molecular weight is 326 g/mol. The SMILES string of the molecule is C[C@@]1(C(=O)Nc2ccccc2-c2cccs2)CC1(Cl)Cl. The molecule has 20 heavy (non-hydrogen) atoms. The minimum atomic E-state index is -0.949. The third-order valence-corrected chi connectivity index (χ3v) is 5.73. The lowest BCUT2D eigenvalue weighted by Gasteiger charge is -2.15. The van der Waals surface area contributed by atoms with Crippen molar-refractivity contribution in [2.75, 3.05) is 5.32 Å². The molecule has 0 unspecified atom stereocenters. The van der Waals surface area contributed by atoms with Gasteiger partial charge in [-0.05, 0) is 30.9 Å². The van der Waals surface area contributed by atoms with Gasteiger partial charge >= 0.3 is 0 Å². The predicted octanol–water partition coefficient (Wildman–Crippen LogP) is 4.94. The second-order valence-electron chi connectivity index (χ2n) is 5.19. The molecule has 1 aromatic carbocycles. The number of thiophene rings is 1. The largest absolute Gasteiger partial charge is 0.325 e. The summed E-state index contributed by atoms with van der Waals surface area (Å²) in [5.41, 5.74) is 1.09. The molecule has 0 spiro atoms. The lowest BCUT2D eigenvalue weighted by molar-refractivity contribution is -0.120. The lowest BCUT2D eigenvalue weighted by Crippen LogP contribution is -2.26. The molecule has 1 heterocycles. The molecule has 0 aliphatic heterocycles. The van der Waals surface area contributed by atoms with Gasteiger partial charge in [0, 0.05) is 16.1 Å². The summed E-state index contributed by atoms with van der Waals surface area (Å²) in [4.78, 5) is 13.5. The zero-order valence-corrected chi connectivity index (χ0v) is 13.1. The summed E-state index contributed by atoms with van der Waals surface area (Å²) in [5, 5.41) is 4.97. The fourth-order valence-corrected chi connectivity index (χ4v) is 3.62. The number of para-hydroxylation sites is 1. The Labute approximate surface area is 131 Å². The highest BCUT2D eigenvalue weighted by atomic mass is 35.5. The molecule has 5 heteroatoms. The summed E-state index contributed by atoms with van der Waals surface area (Å²) in [7, 11) is 0.